The number of amides is 1. The van der Waals surface area contributed by atoms with E-state index in [-0.39, 0.29) is 35.7 Å². The zero-order valence-corrected chi connectivity index (χ0v) is 28.4. The molecule has 0 radical (unpaired) electrons. The van der Waals surface area contributed by atoms with Crippen LogP contribution in [-0.2, 0) is 36.4 Å². The SMILES string of the molecule is Cc1nccn1CCCN(Cc1ccc(-c2ccc(C(F)(F)F)cc2)cc1)C(=O)Cn1c(SCc2cccc(F)c2F)cc(=O)c2ccccc21. The summed E-state index contributed by atoms with van der Waals surface area (Å²) >= 11 is 1.14. The molecule has 0 spiro atoms. The van der Waals surface area contributed by atoms with E-state index in [1.54, 1.807) is 39.9 Å². The topological polar surface area (TPSA) is 60.1 Å². The molecule has 6 aromatic rings. The molecule has 0 fully saturated rings. The van der Waals surface area contributed by atoms with Crippen LogP contribution < -0.4 is 5.43 Å². The molecule has 4 aromatic carbocycles. The highest BCUT2D eigenvalue weighted by Crippen LogP contribution is 2.31. The number of rotatable bonds is 12. The highest BCUT2D eigenvalue weighted by molar-refractivity contribution is 7.98. The molecule has 1 amide bonds. The maximum Gasteiger partial charge on any atom is 0.416 e. The minimum absolute atomic E-state index is 0.0365. The van der Waals surface area contributed by atoms with Crippen LogP contribution in [0.1, 0.15) is 28.9 Å². The molecule has 0 unspecified atom stereocenters. The molecule has 0 aliphatic rings. The number of halogens is 5. The highest BCUT2D eigenvalue weighted by Gasteiger charge is 2.30. The van der Waals surface area contributed by atoms with Crippen LogP contribution >= 0.6 is 11.8 Å². The van der Waals surface area contributed by atoms with Gasteiger partial charge in [0.1, 0.15) is 12.4 Å². The molecule has 6 nitrogen and oxygen atoms in total. The lowest BCUT2D eigenvalue weighted by atomic mass is 10.0. The van der Waals surface area contributed by atoms with E-state index in [1.165, 1.54) is 30.3 Å². The van der Waals surface area contributed by atoms with Crippen molar-refractivity contribution in [1.29, 1.82) is 0 Å². The summed E-state index contributed by atoms with van der Waals surface area (Å²) in [5.74, 6) is -1.26. The van der Waals surface area contributed by atoms with Gasteiger partial charge in [-0.1, -0.05) is 60.7 Å². The first-order chi connectivity index (χ1) is 24.5. The van der Waals surface area contributed by atoms with Gasteiger partial charge in [0.15, 0.2) is 17.1 Å². The van der Waals surface area contributed by atoms with Gasteiger partial charge in [0, 0.05) is 54.8 Å². The van der Waals surface area contributed by atoms with Crippen molar-refractivity contribution in [3.63, 3.8) is 0 Å². The number of carbonyl (C=O) groups is 1. The van der Waals surface area contributed by atoms with E-state index >= 15 is 0 Å². The summed E-state index contributed by atoms with van der Waals surface area (Å²) < 4.78 is 71.4. The first-order valence-electron chi connectivity index (χ1n) is 16.2. The number of alkyl halides is 3. The van der Waals surface area contributed by atoms with Gasteiger partial charge >= 0.3 is 6.18 Å². The summed E-state index contributed by atoms with van der Waals surface area (Å²) in [4.78, 5) is 33.3. The zero-order valence-electron chi connectivity index (χ0n) is 27.5. The van der Waals surface area contributed by atoms with E-state index in [9.17, 15) is 31.5 Å². The number of para-hydroxylation sites is 1. The van der Waals surface area contributed by atoms with E-state index in [0.29, 0.717) is 41.0 Å². The fraction of sp³-hybridized carbons (Fsp3) is 0.205. The van der Waals surface area contributed by atoms with Gasteiger partial charge in [-0.25, -0.2) is 13.8 Å². The van der Waals surface area contributed by atoms with Crippen LogP contribution in [0.25, 0.3) is 22.0 Å². The van der Waals surface area contributed by atoms with Gasteiger partial charge in [-0.2, -0.15) is 13.2 Å². The van der Waals surface area contributed by atoms with E-state index in [1.807, 2.05) is 42.0 Å². The normalized spacial score (nSPS) is 11.6. The van der Waals surface area contributed by atoms with Gasteiger partial charge in [0.2, 0.25) is 5.91 Å². The summed E-state index contributed by atoms with van der Waals surface area (Å²) in [6.07, 6.45) is -0.209. The molecule has 0 saturated carbocycles. The third-order valence-electron chi connectivity index (χ3n) is 8.66. The molecule has 262 valence electrons. The number of imidazole rings is 1. The van der Waals surface area contributed by atoms with Gasteiger partial charge in [-0.3, -0.25) is 9.59 Å². The van der Waals surface area contributed by atoms with E-state index < -0.39 is 23.4 Å². The standard InChI is InChI=1S/C39H33F5N4O2S/c1-26-45-18-21-46(26)19-5-20-47(23-27-10-12-28(13-11-27)29-14-16-31(17-15-29)39(42,43)44)36(50)24-48-34-9-3-2-7-32(34)35(49)22-37(48)51-25-30-6-4-8-33(40)38(30)41/h2-4,6-18,21-22H,5,19-20,23-25H2,1H3. The Hall–Kier alpha value is -5.23. The number of aromatic nitrogens is 3. The maximum atomic E-state index is 14.5. The predicted molar refractivity (Wildman–Crippen MR) is 188 cm³/mol. The lowest BCUT2D eigenvalue weighted by Crippen LogP contribution is -2.35. The van der Waals surface area contributed by atoms with Crippen molar-refractivity contribution < 1.29 is 26.7 Å². The Morgan fingerprint density at radius 2 is 1.61 bits per heavy atom. The molecule has 0 aliphatic heterocycles. The number of hydrogen-bond acceptors (Lipinski definition) is 4. The van der Waals surface area contributed by atoms with Crippen molar-refractivity contribution in [2.24, 2.45) is 0 Å². The Balaban J connectivity index is 1.27. The monoisotopic (exact) mass is 716 g/mol. The third kappa shape index (κ3) is 8.39. The van der Waals surface area contributed by atoms with E-state index in [0.717, 1.165) is 46.9 Å². The second-order valence-electron chi connectivity index (χ2n) is 12.1. The average molecular weight is 717 g/mol. The molecule has 0 bridgehead atoms. The van der Waals surface area contributed by atoms with Gasteiger partial charge < -0.3 is 14.0 Å². The van der Waals surface area contributed by atoms with Crippen molar-refractivity contribution >= 4 is 28.6 Å². The Morgan fingerprint density at radius 3 is 2.29 bits per heavy atom. The summed E-state index contributed by atoms with van der Waals surface area (Å²) in [5.41, 5.74) is 1.88. The Bertz CT molecular complexity index is 2210. The van der Waals surface area contributed by atoms with E-state index in [2.05, 4.69) is 4.98 Å². The van der Waals surface area contributed by atoms with E-state index in [4.69, 9.17) is 0 Å². The Morgan fingerprint density at radius 1 is 0.902 bits per heavy atom. The van der Waals surface area contributed by atoms with Crippen molar-refractivity contribution in [2.45, 2.75) is 49.9 Å². The molecule has 6 rings (SSSR count). The third-order valence-corrected chi connectivity index (χ3v) is 9.75. The molecule has 12 heteroatoms. The second kappa shape index (κ2) is 15.3. The minimum Gasteiger partial charge on any atom is -0.337 e. The summed E-state index contributed by atoms with van der Waals surface area (Å²) in [6, 6.07) is 24.6. The van der Waals surface area contributed by atoms with Crippen LogP contribution in [0.2, 0.25) is 0 Å². The number of hydrogen-bond donors (Lipinski definition) is 0. The van der Waals surface area contributed by atoms with Crippen molar-refractivity contribution in [1.82, 2.24) is 19.0 Å². The first kappa shape index (κ1) is 35.6. The lowest BCUT2D eigenvalue weighted by molar-refractivity contribution is -0.137. The number of fused-ring (bicyclic) bond motifs is 1. The molecule has 0 aliphatic carbocycles. The molecule has 2 aromatic heterocycles. The smallest absolute Gasteiger partial charge is 0.337 e. The van der Waals surface area contributed by atoms with Crippen LogP contribution in [0.3, 0.4) is 0 Å². The molecular weight excluding hydrogens is 684 g/mol. The Kier molecular flexibility index (Phi) is 10.7. The number of pyridine rings is 1. The molecular formula is C39H33F5N4O2S. The molecule has 2 heterocycles. The highest BCUT2D eigenvalue weighted by atomic mass is 32.2. The largest absolute Gasteiger partial charge is 0.416 e. The number of carbonyl (C=O) groups excluding carboxylic acids is 1. The van der Waals surface area contributed by atoms with Crippen LogP contribution in [-0.4, -0.2) is 31.5 Å². The van der Waals surface area contributed by atoms with Crippen LogP contribution in [0.5, 0.6) is 0 Å². The maximum absolute atomic E-state index is 14.5. The number of thioether (sulfide) groups is 1. The van der Waals surface area contributed by atoms with Gasteiger partial charge in [-0.15, -0.1) is 11.8 Å². The fourth-order valence-corrected chi connectivity index (χ4v) is 6.91. The number of aryl methyl sites for hydroxylation is 2. The second-order valence-corrected chi connectivity index (χ2v) is 13.1. The Labute approximate surface area is 295 Å². The van der Waals surface area contributed by atoms with Crippen LogP contribution in [0.4, 0.5) is 22.0 Å². The summed E-state index contributed by atoms with van der Waals surface area (Å²) in [5, 5.41) is 0.859. The number of benzene rings is 4. The van der Waals surface area contributed by atoms with Crippen molar-refractivity contribution in [3.8, 4) is 11.1 Å². The summed E-state index contributed by atoms with van der Waals surface area (Å²) in [7, 11) is 0. The zero-order chi connectivity index (χ0) is 36.1. The van der Waals surface area contributed by atoms with Crippen LogP contribution in [0.15, 0.2) is 119 Å². The number of nitrogens with zero attached hydrogens (tertiary/aromatic N) is 4. The molecule has 0 saturated heterocycles. The quantitative estimate of drug-likeness (QED) is 0.0938. The minimum atomic E-state index is -4.42. The fourth-order valence-electron chi connectivity index (χ4n) is 5.87. The lowest BCUT2D eigenvalue weighted by Gasteiger charge is -2.25. The van der Waals surface area contributed by atoms with Crippen molar-refractivity contribution in [2.75, 3.05) is 6.54 Å². The van der Waals surface area contributed by atoms with Gasteiger partial charge in [-0.05, 0) is 60.4 Å². The van der Waals surface area contributed by atoms with Gasteiger partial charge in [0.05, 0.1) is 16.1 Å². The molecule has 0 atom stereocenters. The van der Waals surface area contributed by atoms with Gasteiger partial charge in [0.25, 0.3) is 0 Å². The molecule has 51 heavy (non-hydrogen) atoms. The first-order valence-corrected chi connectivity index (χ1v) is 17.2. The predicted octanol–water partition coefficient (Wildman–Crippen LogP) is 8.88. The average Bonchev–Trinajstić information content (AvgIpc) is 3.53. The summed E-state index contributed by atoms with van der Waals surface area (Å²) in [6.45, 7) is 3.06. The van der Waals surface area contributed by atoms with Crippen molar-refractivity contribution in [3.05, 3.63) is 154 Å². The van der Waals surface area contributed by atoms with Crippen LogP contribution in [0, 0.1) is 18.6 Å². The molecule has 0 N–H and O–H groups in total.